The van der Waals surface area contributed by atoms with E-state index < -0.39 is 6.04 Å². The van der Waals surface area contributed by atoms with Crippen LogP contribution in [0.15, 0.2) is 66.7 Å². The number of anilines is 2. The topological polar surface area (TPSA) is 49.9 Å². The van der Waals surface area contributed by atoms with E-state index in [-0.39, 0.29) is 18.4 Å². The second kappa shape index (κ2) is 8.26. The van der Waals surface area contributed by atoms with Gasteiger partial charge < -0.3 is 9.64 Å². The summed E-state index contributed by atoms with van der Waals surface area (Å²) in [6, 6.07) is 20.1. The molecule has 0 spiro atoms. The van der Waals surface area contributed by atoms with Crippen LogP contribution in [-0.4, -0.2) is 25.5 Å². The molecule has 0 N–H and O–H groups in total. The van der Waals surface area contributed by atoms with Gasteiger partial charge in [0.2, 0.25) is 5.91 Å². The Morgan fingerprint density at radius 2 is 1.55 bits per heavy atom. The van der Waals surface area contributed by atoms with E-state index in [0.717, 1.165) is 33.6 Å². The Morgan fingerprint density at radius 1 is 0.871 bits per heavy atom. The van der Waals surface area contributed by atoms with Gasteiger partial charge in [0.25, 0.3) is 5.91 Å². The van der Waals surface area contributed by atoms with Gasteiger partial charge in [-0.25, -0.2) is 0 Å². The van der Waals surface area contributed by atoms with Gasteiger partial charge in [-0.3, -0.25) is 14.5 Å². The number of benzene rings is 3. The van der Waals surface area contributed by atoms with Crippen LogP contribution < -0.4 is 14.5 Å². The highest BCUT2D eigenvalue weighted by molar-refractivity contribution is 6.14. The van der Waals surface area contributed by atoms with E-state index in [4.69, 9.17) is 4.74 Å². The molecule has 1 atom stereocenters. The molecule has 0 bridgehead atoms. The number of carbonyl (C=O) groups is 2. The molecule has 3 aromatic rings. The predicted octanol–water partition coefficient (Wildman–Crippen LogP) is 4.74. The number of ether oxygens (including phenoxy) is 1. The summed E-state index contributed by atoms with van der Waals surface area (Å²) in [6.07, 6.45) is 0. The first-order valence-electron chi connectivity index (χ1n) is 10.3. The molecule has 0 radical (unpaired) electrons. The molecule has 5 nitrogen and oxygen atoms in total. The van der Waals surface area contributed by atoms with Crippen molar-refractivity contribution in [3.63, 3.8) is 0 Å². The molecular weight excluding hydrogens is 388 g/mol. The normalized spacial score (nSPS) is 16.6. The first kappa shape index (κ1) is 20.7. The van der Waals surface area contributed by atoms with Crippen LogP contribution in [0, 0.1) is 20.8 Å². The highest BCUT2D eigenvalue weighted by Crippen LogP contribution is 2.37. The largest absolute Gasteiger partial charge is 0.497 e. The molecule has 1 aliphatic rings. The summed E-state index contributed by atoms with van der Waals surface area (Å²) < 4.78 is 5.28. The lowest BCUT2D eigenvalue weighted by molar-refractivity contribution is -0.128. The van der Waals surface area contributed by atoms with E-state index >= 15 is 0 Å². The molecule has 0 aliphatic carbocycles. The molecule has 31 heavy (non-hydrogen) atoms. The number of amides is 2. The monoisotopic (exact) mass is 414 g/mol. The number of nitrogens with zero attached hydrogens (tertiary/aromatic N) is 2. The molecule has 1 saturated heterocycles. The van der Waals surface area contributed by atoms with Crippen molar-refractivity contribution >= 4 is 23.2 Å². The minimum atomic E-state index is -0.756. The summed E-state index contributed by atoms with van der Waals surface area (Å²) >= 11 is 0. The van der Waals surface area contributed by atoms with Crippen LogP contribution in [0.25, 0.3) is 0 Å². The maximum absolute atomic E-state index is 13.8. The molecule has 5 heteroatoms. The van der Waals surface area contributed by atoms with E-state index in [0.29, 0.717) is 5.75 Å². The van der Waals surface area contributed by atoms with E-state index in [9.17, 15) is 9.59 Å². The van der Waals surface area contributed by atoms with Crippen LogP contribution in [0.4, 0.5) is 11.4 Å². The molecule has 158 valence electrons. The van der Waals surface area contributed by atoms with Crippen molar-refractivity contribution < 1.29 is 14.3 Å². The Morgan fingerprint density at radius 3 is 2.19 bits per heavy atom. The Kier molecular flexibility index (Phi) is 5.51. The zero-order valence-corrected chi connectivity index (χ0v) is 18.3. The zero-order chi connectivity index (χ0) is 22.1. The number of aryl methyl sites for hydroxylation is 2. The highest BCUT2D eigenvalue weighted by Gasteiger charge is 2.42. The smallest absolute Gasteiger partial charge is 0.255 e. The van der Waals surface area contributed by atoms with Crippen LogP contribution >= 0.6 is 0 Å². The summed E-state index contributed by atoms with van der Waals surface area (Å²) in [5.74, 6) is 0.455. The van der Waals surface area contributed by atoms with Gasteiger partial charge in [-0.05, 0) is 67.8 Å². The van der Waals surface area contributed by atoms with Gasteiger partial charge >= 0.3 is 0 Å². The van der Waals surface area contributed by atoms with Gasteiger partial charge in [0, 0.05) is 11.4 Å². The molecule has 2 amide bonds. The summed E-state index contributed by atoms with van der Waals surface area (Å²) in [5, 5.41) is 0. The van der Waals surface area contributed by atoms with Crippen molar-refractivity contribution in [3.8, 4) is 5.75 Å². The maximum atomic E-state index is 13.8. The third-order valence-electron chi connectivity index (χ3n) is 5.93. The number of hydrogen-bond donors (Lipinski definition) is 0. The lowest BCUT2D eigenvalue weighted by Crippen LogP contribution is -2.56. The summed E-state index contributed by atoms with van der Waals surface area (Å²) in [6.45, 7) is 5.99. The lowest BCUT2D eigenvalue weighted by atomic mass is 9.97. The van der Waals surface area contributed by atoms with Crippen molar-refractivity contribution in [1.82, 2.24) is 0 Å². The average molecular weight is 415 g/mol. The molecule has 0 saturated carbocycles. The van der Waals surface area contributed by atoms with Gasteiger partial charge in [-0.2, -0.15) is 0 Å². The van der Waals surface area contributed by atoms with Crippen molar-refractivity contribution in [3.05, 3.63) is 89.0 Å². The summed E-state index contributed by atoms with van der Waals surface area (Å²) in [5.41, 5.74) is 5.41. The van der Waals surface area contributed by atoms with E-state index in [1.165, 1.54) is 0 Å². The second-order valence-corrected chi connectivity index (χ2v) is 7.92. The molecule has 3 aromatic carbocycles. The Bertz CT molecular complexity index is 1120. The fourth-order valence-corrected chi connectivity index (χ4v) is 3.98. The third kappa shape index (κ3) is 3.79. The molecular formula is C26H26N2O3. The maximum Gasteiger partial charge on any atom is 0.255 e. The van der Waals surface area contributed by atoms with Crippen molar-refractivity contribution in [1.29, 1.82) is 0 Å². The van der Waals surface area contributed by atoms with E-state index in [1.807, 2.05) is 87.5 Å². The van der Waals surface area contributed by atoms with Gasteiger partial charge in [-0.15, -0.1) is 0 Å². The highest BCUT2D eigenvalue weighted by atomic mass is 16.5. The molecule has 1 aliphatic heterocycles. The molecule has 1 heterocycles. The average Bonchev–Trinajstić information content (AvgIpc) is 2.78. The second-order valence-electron chi connectivity index (χ2n) is 7.92. The minimum Gasteiger partial charge on any atom is -0.497 e. The minimum absolute atomic E-state index is 0.00192. The first-order chi connectivity index (χ1) is 14.9. The lowest BCUT2D eigenvalue weighted by Gasteiger charge is -2.41. The SMILES string of the molecule is COc1ccc(C2C(=O)N(c3ccc(C)cc3)CC(=O)N2c2cccc(C)c2C)cc1. The molecule has 4 rings (SSSR count). The van der Waals surface area contributed by atoms with Crippen molar-refractivity contribution in [2.24, 2.45) is 0 Å². The number of hydrogen-bond acceptors (Lipinski definition) is 3. The van der Waals surface area contributed by atoms with E-state index in [2.05, 4.69) is 0 Å². The Labute approximate surface area is 182 Å². The fraction of sp³-hybridized carbons (Fsp3) is 0.231. The number of carbonyl (C=O) groups excluding carboxylic acids is 2. The van der Waals surface area contributed by atoms with Gasteiger partial charge in [0.05, 0.1) is 7.11 Å². The first-order valence-corrected chi connectivity index (χ1v) is 10.3. The Balaban J connectivity index is 1.84. The molecule has 1 unspecified atom stereocenters. The standard InChI is InChI=1S/C26H26N2O3/c1-17-8-12-21(13-9-17)27-16-24(29)28(23-7-5-6-18(2)19(23)3)25(26(27)30)20-10-14-22(31-4)15-11-20/h5-15,25H,16H2,1-4H3. The van der Waals surface area contributed by atoms with Gasteiger partial charge in [-0.1, -0.05) is 42.0 Å². The van der Waals surface area contributed by atoms with Crippen LogP contribution in [0.5, 0.6) is 5.75 Å². The van der Waals surface area contributed by atoms with Crippen LogP contribution in [0.3, 0.4) is 0 Å². The van der Waals surface area contributed by atoms with E-state index in [1.54, 1.807) is 16.9 Å². The molecule has 0 aromatic heterocycles. The van der Waals surface area contributed by atoms with Crippen molar-refractivity contribution in [2.45, 2.75) is 26.8 Å². The Hall–Kier alpha value is -3.60. The molecule has 1 fully saturated rings. The van der Waals surface area contributed by atoms with Crippen molar-refractivity contribution in [2.75, 3.05) is 23.5 Å². The summed E-state index contributed by atoms with van der Waals surface area (Å²) in [4.78, 5) is 30.5. The number of methoxy groups -OCH3 is 1. The zero-order valence-electron chi connectivity index (χ0n) is 18.3. The predicted molar refractivity (Wildman–Crippen MR) is 123 cm³/mol. The third-order valence-corrected chi connectivity index (χ3v) is 5.93. The van der Waals surface area contributed by atoms with Gasteiger partial charge in [0.1, 0.15) is 18.3 Å². The quantitative estimate of drug-likeness (QED) is 0.620. The number of piperazine rings is 1. The van der Waals surface area contributed by atoms with Crippen LogP contribution in [0.2, 0.25) is 0 Å². The van der Waals surface area contributed by atoms with Crippen LogP contribution in [-0.2, 0) is 9.59 Å². The fourth-order valence-electron chi connectivity index (χ4n) is 3.98. The summed E-state index contributed by atoms with van der Waals surface area (Å²) in [7, 11) is 1.60. The van der Waals surface area contributed by atoms with Gasteiger partial charge in [0.15, 0.2) is 0 Å². The number of rotatable bonds is 4. The van der Waals surface area contributed by atoms with Crippen LogP contribution in [0.1, 0.15) is 28.3 Å².